The maximum Gasteiger partial charge on any atom is 0.243 e. The maximum absolute atomic E-state index is 12.8. The van der Waals surface area contributed by atoms with Crippen LogP contribution < -0.4 is 4.74 Å². The first-order valence-electron chi connectivity index (χ1n) is 8.26. The van der Waals surface area contributed by atoms with E-state index in [9.17, 15) is 8.42 Å². The molecular weight excluding hydrogens is 324 g/mol. The molecule has 3 rings (SSSR count). The molecule has 0 N–H and O–H groups in total. The molecule has 2 heterocycles. The normalized spacial score (nSPS) is 18.6. The minimum absolute atomic E-state index is 0.158. The van der Waals surface area contributed by atoms with Crippen LogP contribution in [0.4, 0.5) is 0 Å². The maximum atomic E-state index is 12.8. The van der Waals surface area contributed by atoms with E-state index in [2.05, 4.69) is 11.9 Å². The van der Waals surface area contributed by atoms with Gasteiger partial charge in [-0.1, -0.05) is 31.5 Å². The van der Waals surface area contributed by atoms with Gasteiger partial charge in [-0.15, -0.1) is 0 Å². The van der Waals surface area contributed by atoms with Crippen molar-refractivity contribution in [3.63, 3.8) is 0 Å². The number of aromatic nitrogens is 1. The van der Waals surface area contributed by atoms with Gasteiger partial charge in [-0.05, 0) is 36.6 Å². The van der Waals surface area contributed by atoms with Crippen LogP contribution in [-0.2, 0) is 16.4 Å². The average molecular weight is 346 g/mol. The molecule has 1 saturated heterocycles. The highest BCUT2D eigenvalue weighted by Gasteiger charge is 2.33. The number of nitrogens with zero attached hydrogens (tertiary/aromatic N) is 2. The molecule has 1 unspecified atom stereocenters. The highest BCUT2D eigenvalue weighted by atomic mass is 32.2. The summed E-state index contributed by atoms with van der Waals surface area (Å²) in [6.07, 6.45) is 4.18. The molecule has 6 heteroatoms. The third kappa shape index (κ3) is 3.76. The summed E-state index contributed by atoms with van der Waals surface area (Å²) in [4.78, 5) is 4.47. The van der Waals surface area contributed by atoms with Crippen molar-refractivity contribution in [1.29, 1.82) is 0 Å². The molecule has 1 fully saturated rings. The number of aryl methyl sites for hydroxylation is 1. The molecule has 0 saturated carbocycles. The minimum Gasteiger partial charge on any atom is -0.473 e. The fourth-order valence-corrected chi connectivity index (χ4v) is 4.35. The van der Waals surface area contributed by atoms with Gasteiger partial charge in [0.2, 0.25) is 15.9 Å². The second-order valence-corrected chi connectivity index (χ2v) is 7.89. The van der Waals surface area contributed by atoms with Crippen LogP contribution in [0.5, 0.6) is 5.88 Å². The lowest BCUT2D eigenvalue weighted by molar-refractivity contribution is 0.207. The van der Waals surface area contributed by atoms with Gasteiger partial charge in [0, 0.05) is 18.8 Å². The van der Waals surface area contributed by atoms with E-state index >= 15 is 0 Å². The molecule has 1 aliphatic heterocycles. The summed E-state index contributed by atoms with van der Waals surface area (Å²) in [5.41, 5.74) is 1.16. The van der Waals surface area contributed by atoms with Crippen molar-refractivity contribution in [2.75, 3.05) is 13.1 Å². The van der Waals surface area contributed by atoms with Gasteiger partial charge in [0.25, 0.3) is 0 Å². The second kappa shape index (κ2) is 7.32. The van der Waals surface area contributed by atoms with Crippen LogP contribution >= 0.6 is 0 Å². The zero-order valence-electron chi connectivity index (χ0n) is 13.8. The highest BCUT2D eigenvalue weighted by Crippen LogP contribution is 2.23. The van der Waals surface area contributed by atoms with Gasteiger partial charge in [-0.2, -0.15) is 4.31 Å². The molecule has 5 nitrogen and oxygen atoms in total. The first-order chi connectivity index (χ1) is 11.6. The highest BCUT2D eigenvalue weighted by molar-refractivity contribution is 7.89. The van der Waals surface area contributed by atoms with Crippen LogP contribution in [0.1, 0.15) is 25.3 Å². The van der Waals surface area contributed by atoms with Crippen LogP contribution in [0.2, 0.25) is 0 Å². The standard InChI is InChI=1S/C18H22N2O3S/c1-2-5-15-7-9-17(10-8-15)24(21,22)20-13-11-16(14-20)23-18-6-3-4-12-19-18/h3-4,6-10,12,16H,2,5,11,13-14H2,1H3. The summed E-state index contributed by atoms with van der Waals surface area (Å²) in [5.74, 6) is 0.533. The zero-order valence-corrected chi connectivity index (χ0v) is 14.6. The van der Waals surface area contributed by atoms with E-state index in [0.717, 1.165) is 18.4 Å². The summed E-state index contributed by atoms with van der Waals surface area (Å²) < 4.78 is 32.8. The van der Waals surface area contributed by atoms with Gasteiger partial charge in [0.1, 0.15) is 6.10 Å². The number of ether oxygens (including phenoxy) is 1. The Bertz CT molecular complexity index is 761. The minimum atomic E-state index is -3.46. The molecule has 0 bridgehead atoms. The molecule has 1 aliphatic rings. The molecule has 1 atom stereocenters. The molecule has 24 heavy (non-hydrogen) atoms. The average Bonchev–Trinajstić information content (AvgIpc) is 3.06. The van der Waals surface area contributed by atoms with Gasteiger partial charge in [-0.25, -0.2) is 13.4 Å². The van der Waals surface area contributed by atoms with Crippen LogP contribution in [0.15, 0.2) is 53.6 Å². The van der Waals surface area contributed by atoms with Crippen molar-refractivity contribution in [1.82, 2.24) is 9.29 Å². The third-order valence-electron chi connectivity index (χ3n) is 4.13. The predicted octanol–water partition coefficient (Wildman–Crippen LogP) is 2.88. The SMILES string of the molecule is CCCc1ccc(S(=O)(=O)N2CCC(Oc3ccccn3)C2)cc1. The van der Waals surface area contributed by atoms with E-state index in [1.807, 2.05) is 24.3 Å². The van der Waals surface area contributed by atoms with E-state index in [0.29, 0.717) is 30.3 Å². The quantitative estimate of drug-likeness (QED) is 0.807. The summed E-state index contributed by atoms with van der Waals surface area (Å²) in [6, 6.07) is 12.6. The summed E-state index contributed by atoms with van der Waals surface area (Å²) >= 11 is 0. The van der Waals surface area contributed by atoms with Gasteiger partial charge < -0.3 is 4.74 Å². The predicted molar refractivity (Wildman–Crippen MR) is 92.5 cm³/mol. The van der Waals surface area contributed by atoms with Gasteiger partial charge >= 0.3 is 0 Å². The van der Waals surface area contributed by atoms with E-state index in [1.54, 1.807) is 24.4 Å². The summed E-state index contributed by atoms with van der Waals surface area (Å²) in [7, 11) is -3.46. The Labute approximate surface area is 143 Å². The van der Waals surface area contributed by atoms with E-state index < -0.39 is 10.0 Å². The Morgan fingerprint density at radius 1 is 1.21 bits per heavy atom. The second-order valence-electron chi connectivity index (χ2n) is 5.95. The molecular formula is C18H22N2O3S. The molecule has 1 aromatic carbocycles. The van der Waals surface area contributed by atoms with Crippen molar-refractivity contribution in [3.05, 3.63) is 54.2 Å². The number of hydrogen-bond acceptors (Lipinski definition) is 4. The molecule has 1 aromatic heterocycles. The van der Waals surface area contributed by atoms with Crippen LogP contribution in [0.3, 0.4) is 0 Å². The van der Waals surface area contributed by atoms with E-state index in [1.165, 1.54) is 4.31 Å². The molecule has 0 radical (unpaired) electrons. The van der Waals surface area contributed by atoms with Gasteiger partial charge in [0.05, 0.1) is 11.4 Å². The molecule has 128 valence electrons. The molecule has 0 aliphatic carbocycles. The smallest absolute Gasteiger partial charge is 0.243 e. The summed E-state index contributed by atoms with van der Waals surface area (Å²) in [5, 5.41) is 0. The van der Waals surface area contributed by atoms with Crippen molar-refractivity contribution < 1.29 is 13.2 Å². The van der Waals surface area contributed by atoms with Crippen molar-refractivity contribution in [2.24, 2.45) is 0 Å². The lowest BCUT2D eigenvalue weighted by Gasteiger charge is -2.17. The lowest BCUT2D eigenvalue weighted by Crippen LogP contribution is -2.31. The largest absolute Gasteiger partial charge is 0.473 e. The topological polar surface area (TPSA) is 59.5 Å². The molecule has 0 spiro atoms. The summed E-state index contributed by atoms with van der Waals surface area (Å²) in [6.45, 7) is 2.93. The first-order valence-corrected chi connectivity index (χ1v) is 9.70. The number of rotatable bonds is 6. The Balaban J connectivity index is 1.67. The fraction of sp³-hybridized carbons (Fsp3) is 0.389. The zero-order chi connectivity index (χ0) is 17.0. The molecule has 2 aromatic rings. The number of benzene rings is 1. The Morgan fingerprint density at radius 2 is 2.00 bits per heavy atom. The number of hydrogen-bond donors (Lipinski definition) is 0. The van der Waals surface area contributed by atoms with Crippen LogP contribution in [0, 0.1) is 0 Å². The van der Waals surface area contributed by atoms with E-state index in [4.69, 9.17) is 4.74 Å². The monoisotopic (exact) mass is 346 g/mol. The van der Waals surface area contributed by atoms with Crippen molar-refractivity contribution in [2.45, 2.75) is 37.2 Å². The van der Waals surface area contributed by atoms with Crippen molar-refractivity contribution >= 4 is 10.0 Å². The fourth-order valence-electron chi connectivity index (χ4n) is 2.87. The van der Waals surface area contributed by atoms with Crippen LogP contribution in [-0.4, -0.2) is 36.9 Å². The number of sulfonamides is 1. The molecule has 0 amide bonds. The number of pyridine rings is 1. The lowest BCUT2D eigenvalue weighted by atomic mass is 10.1. The third-order valence-corrected chi connectivity index (χ3v) is 6.01. The Kier molecular flexibility index (Phi) is 5.16. The van der Waals surface area contributed by atoms with Crippen molar-refractivity contribution in [3.8, 4) is 5.88 Å². The van der Waals surface area contributed by atoms with Gasteiger partial charge in [-0.3, -0.25) is 0 Å². The van der Waals surface area contributed by atoms with E-state index in [-0.39, 0.29) is 6.10 Å². The Hall–Kier alpha value is -1.92. The van der Waals surface area contributed by atoms with Crippen LogP contribution in [0.25, 0.3) is 0 Å². The first kappa shape index (κ1) is 16.9. The Morgan fingerprint density at radius 3 is 2.67 bits per heavy atom. The van der Waals surface area contributed by atoms with Gasteiger partial charge in [0.15, 0.2) is 0 Å².